The van der Waals surface area contributed by atoms with Crippen LogP contribution in [0, 0.1) is 0 Å². The van der Waals surface area contributed by atoms with Crippen molar-refractivity contribution in [1.82, 2.24) is 10.2 Å². The molecule has 0 spiro atoms. The lowest BCUT2D eigenvalue weighted by Gasteiger charge is -2.32. The number of carbonyl (C=O) groups is 2. The quantitative estimate of drug-likeness (QED) is 0.738. The van der Waals surface area contributed by atoms with Gasteiger partial charge in [-0.3, -0.25) is 9.59 Å². The van der Waals surface area contributed by atoms with E-state index in [-0.39, 0.29) is 23.2 Å². The highest BCUT2D eigenvalue weighted by Gasteiger charge is 2.21. The molecule has 4 nitrogen and oxygen atoms in total. The van der Waals surface area contributed by atoms with E-state index in [2.05, 4.69) is 5.32 Å². The second-order valence-corrected chi connectivity index (χ2v) is 4.62. The van der Waals surface area contributed by atoms with Gasteiger partial charge in [0.1, 0.15) is 5.88 Å². The second-order valence-electron chi connectivity index (χ2n) is 4.36. The fraction of sp³-hybridized carbons (Fsp3) is 0.800. The molecular weight excluding hydrogens is 216 g/mol. The highest BCUT2D eigenvalue weighted by molar-refractivity contribution is 6.27. The molecule has 0 bridgehead atoms. The number of amides is 2. The summed E-state index contributed by atoms with van der Waals surface area (Å²) in [6, 6.07) is 0. The van der Waals surface area contributed by atoms with E-state index in [1.807, 2.05) is 20.8 Å². The van der Waals surface area contributed by atoms with Crippen LogP contribution in [0.1, 0.15) is 27.2 Å². The average Bonchev–Trinajstić information content (AvgIpc) is 2.14. The molecule has 0 atom stereocenters. The van der Waals surface area contributed by atoms with Crippen LogP contribution in [0.2, 0.25) is 0 Å². The number of hydrogen-bond acceptors (Lipinski definition) is 2. The van der Waals surface area contributed by atoms with E-state index < -0.39 is 0 Å². The normalized spacial score (nSPS) is 11.0. The first-order valence-corrected chi connectivity index (χ1v) is 5.42. The van der Waals surface area contributed by atoms with Gasteiger partial charge in [-0.05, 0) is 20.8 Å². The summed E-state index contributed by atoms with van der Waals surface area (Å²) in [6.07, 6.45) is 0.302. The summed E-state index contributed by atoms with van der Waals surface area (Å²) in [5.41, 5.74) is -0.187. The molecule has 0 saturated heterocycles. The molecule has 0 aromatic heterocycles. The molecule has 0 aliphatic rings. The molecule has 0 aliphatic carbocycles. The SMILES string of the molecule is CN(C(=O)CCNC(=O)CCl)C(C)(C)C. The summed E-state index contributed by atoms with van der Waals surface area (Å²) in [5, 5.41) is 2.55. The van der Waals surface area contributed by atoms with Crippen molar-refractivity contribution in [1.29, 1.82) is 0 Å². The number of halogens is 1. The van der Waals surface area contributed by atoms with Crippen molar-refractivity contribution in [3.63, 3.8) is 0 Å². The molecule has 0 heterocycles. The Morgan fingerprint density at radius 1 is 1.33 bits per heavy atom. The van der Waals surface area contributed by atoms with Gasteiger partial charge in [-0.1, -0.05) is 0 Å². The van der Waals surface area contributed by atoms with Crippen LogP contribution in [-0.4, -0.2) is 41.7 Å². The van der Waals surface area contributed by atoms with E-state index in [9.17, 15) is 9.59 Å². The van der Waals surface area contributed by atoms with Crippen LogP contribution in [0.3, 0.4) is 0 Å². The van der Waals surface area contributed by atoms with Crippen LogP contribution in [0.4, 0.5) is 0 Å². The summed E-state index contributed by atoms with van der Waals surface area (Å²) in [5.74, 6) is -0.302. The maximum Gasteiger partial charge on any atom is 0.234 e. The third-order valence-corrected chi connectivity index (χ3v) is 2.41. The molecule has 0 saturated carbocycles. The Hall–Kier alpha value is -0.770. The summed E-state index contributed by atoms with van der Waals surface area (Å²) in [7, 11) is 1.76. The number of carbonyl (C=O) groups excluding carboxylic acids is 2. The molecule has 0 fully saturated rings. The summed E-state index contributed by atoms with van der Waals surface area (Å²) >= 11 is 5.30. The topological polar surface area (TPSA) is 49.4 Å². The molecule has 0 radical (unpaired) electrons. The number of rotatable bonds is 4. The van der Waals surface area contributed by atoms with Crippen molar-refractivity contribution in [3.05, 3.63) is 0 Å². The van der Waals surface area contributed by atoms with Gasteiger partial charge in [-0.15, -0.1) is 11.6 Å². The fourth-order valence-electron chi connectivity index (χ4n) is 0.898. The van der Waals surface area contributed by atoms with Gasteiger partial charge in [0.25, 0.3) is 0 Å². The minimum atomic E-state index is -0.247. The Morgan fingerprint density at radius 3 is 2.27 bits per heavy atom. The molecule has 88 valence electrons. The lowest BCUT2D eigenvalue weighted by Crippen LogP contribution is -2.43. The zero-order valence-electron chi connectivity index (χ0n) is 9.76. The van der Waals surface area contributed by atoms with Gasteiger partial charge in [0.15, 0.2) is 0 Å². The van der Waals surface area contributed by atoms with Crippen molar-refractivity contribution in [2.75, 3.05) is 19.5 Å². The maximum atomic E-state index is 11.6. The molecule has 1 N–H and O–H groups in total. The van der Waals surface area contributed by atoms with E-state index >= 15 is 0 Å². The minimum absolute atomic E-state index is 0.0115. The molecule has 0 aromatic rings. The third kappa shape index (κ3) is 5.62. The molecule has 0 rings (SSSR count). The first-order valence-electron chi connectivity index (χ1n) is 4.88. The van der Waals surface area contributed by atoms with Crippen molar-refractivity contribution >= 4 is 23.4 Å². The minimum Gasteiger partial charge on any atom is -0.355 e. The smallest absolute Gasteiger partial charge is 0.234 e. The predicted molar refractivity (Wildman–Crippen MR) is 60.9 cm³/mol. The van der Waals surface area contributed by atoms with Crippen LogP contribution in [0.15, 0.2) is 0 Å². The zero-order chi connectivity index (χ0) is 12.1. The lowest BCUT2D eigenvalue weighted by molar-refractivity contribution is -0.134. The molecule has 0 aliphatic heterocycles. The lowest BCUT2D eigenvalue weighted by atomic mass is 10.1. The Kier molecular flexibility index (Phi) is 5.65. The van der Waals surface area contributed by atoms with Crippen LogP contribution in [-0.2, 0) is 9.59 Å². The van der Waals surface area contributed by atoms with Gasteiger partial charge in [-0.25, -0.2) is 0 Å². The molecule has 5 heteroatoms. The monoisotopic (exact) mass is 234 g/mol. The van der Waals surface area contributed by atoms with E-state index in [4.69, 9.17) is 11.6 Å². The molecule has 0 unspecified atom stereocenters. The summed E-state index contributed by atoms with van der Waals surface area (Å²) in [4.78, 5) is 24.1. The van der Waals surface area contributed by atoms with Gasteiger partial charge in [0.2, 0.25) is 11.8 Å². The van der Waals surface area contributed by atoms with E-state index in [1.54, 1.807) is 11.9 Å². The van der Waals surface area contributed by atoms with E-state index in [0.29, 0.717) is 13.0 Å². The number of nitrogens with one attached hydrogen (secondary N) is 1. The van der Waals surface area contributed by atoms with Crippen LogP contribution < -0.4 is 5.32 Å². The largest absolute Gasteiger partial charge is 0.355 e. The van der Waals surface area contributed by atoms with Crippen molar-refractivity contribution in [2.24, 2.45) is 0 Å². The van der Waals surface area contributed by atoms with Gasteiger partial charge in [-0.2, -0.15) is 0 Å². The average molecular weight is 235 g/mol. The van der Waals surface area contributed by atoms with Gasteiger partial charge >= 0.3 is 0 Å². The van der Waals surface area contributed by atoms with Crippen molar-refractivity contribution < 1.29 is 9.59 Å². The molecule has 2 amide bonds. The fourth-order valence-corrected chi connectivity index (χ4v) is 0.992. The van der Waals surface area contributed by atoms with Crippen molar-refractivity contribution in [3.8, 4) is 0 Å². The van der Waals surface area contributed by atoms with Crippen LogP contribution >= 0.6 is 11.6 Å². The number of nitrogens with zero attached hydrogens (tertiary/aromatic N) is 1. The highest BCUT2D eigenvalue weighted by Crippen LogP contribution is 2.11. The molecular formula is C10H19ClN2O2. The summed E-state index contributed by atoms with van der Waals surface area (Å²) in [6.45, 7) is 6.22. The Labute approximate surface area is 96.0 Å². The van der Waals surface area contributed by atoms with Gasteiger partial charge < -0.3 is 10.2 Å². The van der Waals surface area contributed by atoms with Gasteiger partial charge in [0, 0.05) is 25.6 Å². The number of hydrogen-bond donors (Lipinski definition) is 1. The Morgan fingerprint density at radius 2 is 1.87 bits per heavy atom. The second kappa shape index (κ2) is 5.95. The van der Waals surface area contributed by atoms with Crippen LogP contribution in [0.5, 0.6) is 0 Å². The predicted octanol–water partition coefficient (Wildman–Crippen LogP) is 0.988. The standard InChI is InChI=1S/C10H19ClN2O2/c1-10(2,3)13(4)9(15)5-6-12-8(14)7-11/h5-7H2,1-4H3,(H,12,14). The number of alkyl halides is 1. The Bertz CT molecular complexity index is 236. The van der Waals surface area contributed by atoms with Gasteiger partial charge in [0.05, 0.1) is 0 Å². The maximum absolute atomic E-state index is 11.6. The zero-order valence-corrected chi connectivity index (χ0v) is 10.5. The Balaban J connectivity index is 3.90. The van der Waals surface area contributed by atoms with E-state index in [0.717, 1.165) is 0 Å². The highest BCUT2D eigenvalue weighted by atomic mass is 35.5. The van der Waals surface area contributed by atoms with Crippen LogP contribution in [0.25, 0.3) is 0 Å². The van der Waals surface area contributed by atoms with E-state index in [1.165, 1.54) is 0 Å². The third-order valence-electron chi connectivity index (χ3n) is 2.16. The first kappa shape index (κ1) is 14.2. The first-order chi connectivity index (χ1) is 6.79. The molecule has 0 aromatic carbocycles. The summed E-state index contributed by atoms with van der Waals surface area (Å²) < 4.78 is 0. The molecule has 15 heavy (non-hydrogen) atoms. The van der Waals surface area contributed by atoms with Crippen molar-refractivity contribution in [2.45, 2.75) is 32.7 Å².